The quantitative estimate of drug-likeness (QED) is 0.768. The molecular formula is C16H19ClO2S. The third-order valence-corrected chi connectivity index (χ3v) is 6.32. The summed E-state index contributed by atoms with van der Waals surface area (Å²) in [6.07, 6.45) is 5.75. The molecule has 0 saturated heterocycles. The fraction of sp³-hybridized carbons (Fsp3) is 0.500. The lowest BCUT2D eigenvalue weighted by Crippen LogP contribution is -2.19. The van der Waals surface area contributed by atoms with Crippen molar-refractivity contribution in [3.8, 4) is 0 Å². The zero-order valence-corrected chi connectivity index (χ0v) is 13.4. The van der Waals surface area contributed by atoms with E-state index in [9.17, 15) is 4.21 Å². The van der Waals surface area contributed by atoms with Gasteiger partial charge in [0.1, 0.15) is 11.3 Å². The molecule has 1 aliphatic rings. The maximum Gasteiger partial charge on any atom is 0.138 e. The molecule has 0 radical (unpaired) electrons. The zero-order chi connectivity index (χ0) is 14.3. The minimum Gasteiger partial charge on any atom is -0.460 e. The summed E-state index contributed by atoms with van der Waals surface area (Å²) < 4.78 is 18.8. The van der Waals surface area contributed by atoms with Crippen molar-refractivity contribution in [3.05, 3.63) is 28.5 Å². The van der Waals surface area contributed by atoms with Crippen LogP contribution >= 0.6 is 11.6 Å². The second-order valence-electron chi connectivity index (χ2n) is 5.64. The van der Waals surface area contributed by atoms with Gasteiger partial charge in [-0.1, -0.05) is 30.9 Å². The first-order valence-corrected chi connectivity index (χ1v) is 8.77. The molecule has 1 saturated carbocycles. The van der Waals surface area contributed by atoms with E-state index < -0.39 is 10.8 Å². The first-order chi connectivity index (χ1) is 9.58. The fourth-order valence-corrected chi connectivity index (χ4v) is 5.18. The van der Waals surface area contributed by atoms with Crippen molar-refractivity contribution in [2.45, 2.75) is 56.1 Å². The highest BCUT2D eigenvalue weighted by molar-refractivity contribution is 7.86. The summed E-state index contributed by atoms with van der Waals surface area (Å²) in [5, 5.41) is 1.87. The van der Waals surface area contributed by atoms with Gasteiger partial charge in [-0.05, 0) is 44.4 Å². The van der Waals surface area contributed by atoms with Gasteiger partial charge >= 0.3 is 0 Å². The largest absolute Gasteiger partial charge is 0.460 e. The molecule has 3 rings (SSSR count). The molecule has 0 amide bonds. The Bertz CT molecular complexity index is 669. The van der Waals surface area contributed by atoms with Crippen LogP contribution in [0, 0.1) is 13.8 Å². The van der Waals surface area contributed by atoms with Crippen molar-refractivity contribution in [1.29, 1.82) is 0 Å². The smallest absolute Gasteiger partial charge is 0.138 e. The highest BCUT2D eigenvalue weighted by Crippen LogP contribution is 2.36. The third-order valence-electron chi connectivity index (χ3n) is 4.12. The molecule has 0 bridgehead atoms. The summed E-state index contributed by atoms with van der Waals surface area (Å²) in [5.74, 6) is 0.772. The molecule has 20 heavy (non-hydrogen) atoms. The number of hydrogen-bond acceptors (Lipinski definition) is 2. The Hall–Kier alpha value is -0.800. The van der Waals surface area contributed by atoms with E-state index in [0.29, 0.717) is 5.02 Å². The number of halogens is 1. The van der Waals surface area contributed by atoms with Gasteiger partial charge in [0.25, 0.3) is 0 Å². The van der Waals surface area contributed by atoms with Crippen LogP contribution in [0.1, 0.15) is 43.4 Å². The van der Waals surface area contributed by atoms with Crippen LogP contribution in [0.3, 0.4) is 0 Å². The van der Waals surface area contributed by atoms with Crippen molar-refractivity contribution in [3.63, 3.8) is 0 Å². The van der Waals surface area contributed by atoms with E-state index in [-0.39, 0.29) is 5.25 Å². The highest BCUT2D eigenvalue weighted by atomic mass is 35.5. The molecule has 1 aromatic carbocycles. The topological polar surface area (TPSA) is 30.2 Å². The molecule has 1 heterocycles. The summed E-state index contributed by atoms with van der Waals surface area (Å²) in [6.45, 7) is 3.88. The molecule has 108 valence electrons. The Balaban J connectivity index is 2.10. The van der Waals surface area contributed by atoms with Crippen molar-refractivity contribution in [2.24, 2.45) is 0 Å². The molecule has 2 aromatic rings. The summed E-state index contributed by atoms with van der Waals surface area (Å²) in [4.78, 5) is 0.859. The second-order valence-corrected chi connectivity index (χ2v) is 7.75. The number of fused-ring (bicyclic) bond motifs is 1. The zero-order valence-electron chi connectivity index (χ0n) is 11.9. The van der Waals surface area contributed by atoms with Gasteiger partial charge in [-0.2, -0.15) is 0 Å². The summed E-state index contributed by atoms with van der Waals surface area (Å²) >= 11 is 6.16. The van der Waals surface area contributed by atoms with Crippen LogP contribution in [0.5, 0.6) is 0 Å². The van der Waals surface area contributed by atoms with Crippen molar-refractivity contribution < 1.29 is 8.63 Å². The Morgan fingerprint density at radius 1 is 1.20 bits per heavy atom. The van der Waals surface area contributed by atoms with E-state index in [0.717, 1.165) is 40.0 Å². The molecule has 1 unspecified atom stereocenters. The third kappa shape index (κ3) is 2.42. The molecule has 0 N–H and O–H groups in total. The van der Waals surface area contributed by atoms with Gasteiger partial charge in [0.15, 0.2) is 0 Å². The number of rotatable bonds is 2. The molecule has 0 aliphatic heterocycles. The molecule has 1 atom stereocenters. The average Bonchev–Trinajstić information content (AvgIpc) is 2.76. The van der Waals surface area contributed by atoms with Crippen molar-refractivity contribution in [1.82, 2.24) is 0 Å². The standard InChI is InChI=1S/C16H19ClO2S/c1-10-8-12(17)9-14-15(10)19-11(2)16(14)20(18)13-6-4-3-5-7-13/h8-9,13H,3-7H2,1-2H3. The van der Waals surface area contributed by atoms with Crippen LogP contribution in [-0.4, -0.2) is 9.46 Å². The number of benzene rings is 1. The molecular weight excluding hydrogens is 292 g/mol. The van der Waals surface area contributed by atoms with E-state index in [1.54, 1.807) is 0 Å². The Labute approximate surface area is 126 Å². The van der Waals surface area contributed by atoms with Crippen LogP contribution in [0.2, 0.25) is 5.02 Å². The monoisotopic (exact) mass is 310 g/mol. The second kappa shape index (κ2) is 5.53. The average molecular weight is 311 g/mol. The predicted molar refractivity (Wildman–Crippen MR) is 84.0 cm³/mol. The van der Waals surface area contributed by atoms with E-state index in [1.165, 1.54) is 19.3 Å². The molecule has 1 aromatic heterocycles. The van der Waals surface area contributed by atoms with Gasteiger partial charge in [-0.25, -0.2) is 0 Å². The lowest BCUT2D eigenvalue weighted by molar-refractivity contribution is 0.503. The number of aryl methyl sites for hydroxylation is 2. The normalized spacial score (nSPS) is 18.6. The molecule has 4 heteroatoms. The lowest BCUT2D eigenvalue weighted by atomic mass is 10.0. The Morgan fingerprint density at radius 3 is 2.60 bits per heavy atom. The van der Waals surface area contributed by atoms with Crippen LogP contribution in [0.15, 0.2) is 21.4 Å². The summed E-state index contributed by atoms with van der Waals surface area (Å²) in [6, 6.07) is 3.77. The first-order valence-electron chi connectivity index (χ1n) is 7.17. The first kappa shape index (κ1) is 14.2. The minimum atomic E-state index is -0.994. The van der Waals surface area contributed by atoms with E-state index in [1.807, 2.05) is 26.0 Å². The molecule has 1 aliphatic carbocycles. The molecule has 0 spiro atoms. The maximum atomic E-state index is 12.9. The van der Waals surface area contributed by atoms with Crippen LogP contribution in [0.25, 0.3) is 11.0 Å². The lowest BCUT2D eigenvalue weighted by Gasteiger charge is -2.20. The van der Waals surface area contributed by atoms with Crippen molar-refractivity contribution >= 4 is 33.4 Å². The van der Waals surface area contributed by atoms with Crippen LogP contribution in [0.4, 0.5) is 0 Å². The van der Waals surface area contributed by atoms with E-state index in [2.05, 4.69) is 0 Å². The van der Waals surface area contributed by atoms with Gasteiger partial charge in [0.05, 0.1) is 15.7 Å². The summed E-state index contributed by atoms with van der Waals surface area (Å²) in [5.41, 5.74) is 1.83. The van der Waals surface area contributed by atoms with Gasteiger partial charge < -0.3 is 4.42 Å². The van der Waals surface area contributed by atoms with Crippen molar-refractivity contribution in [2.75, 3.05) is 0 Å². The van der Waals surface area contributed by atoms with Gasteiger partial charge in [-0.15, -0.1) is 0 Å². The fourth-order valence-electron chi connectivity index (χ4n) is 3.12. The van der Waals surface area contributed by atoms with Crippen LogP contribution < -0.4 is 0 Å². The molecule has 2 nitrogen and oxygen atoms in total. The number of hydrogen-bond donors (Lipinski definition) is 0. The predicted octanol–water partition coefficient (Wildman–Crippen LogP) is 5.14. The summed E-state index contributed by atoms with van der Waals surface area (Å²) in [7, 11) is -0.994. The van der Waals surface area contributed by atoms with Gasteiger partial charge in [0.2, 0.25) is 0 Å². The van der Waals surface area contributed by atoms with Gasteiger partial charge in [0, 0.05) is 15.7 Å². The highest BCUT2D eigenvalue weighted by Gasteiger charge is 2.26. The minimum absolute atomic E-state index is 0.266. The molecule has 1 fully saturated rings. The number of furan rings is 1. The Morgan fingerprint density at radius 2 is 1.90 bits per heavy atom. The maximum absolute atomic E-state index is 12.9. The SMILES string of the molecule is Cc1oc2c(C)cc(Cl)cc2c1S(=O)C1CCCCC1. The van der Waals surface area contributed by atoms with E-state index in [4.69, 9.17) is 16.0 Å². The van der Waals surface area contributed by atoms with Gasteiger partial charge in [-0.3, -0.25) is 4.21 Å². The van der Waals surface area contributed by atoms with Crippen LogP contribution in [-0.2, 0) is 10.8 Å². The van der Waals surface area contributed by atoms with E-state index >= 15 is 0 Å². The Kier molecular flexibility index (Phi) is 3.91.